The van der Waals surface area contributed by atoms with Crippen LogP contribution in [0.4, 0.5) is 5.69 Å². The molecule has 0 atom stereocenters. The second kappa shape index (κ2) is 5.25. The van der Waals surface area contributed by atoms with E-state index in [-0.39, 0.29) is 0 Å². The maximum atomic E-state index is 9.30. The molecule has 0 heterocycles. The smallest absolute Gasteiger partial charge is 0.101 e. The summed E-state index contributed by atoms with van der Waals surface area (Å²) in [6.07, 6.45) is 5.00. The number of hydrogen-bond donors (Lipinski definition) is 0. The van der Waals surface area contributed by atoms with Gasteiger partial charge in [-0.1, -0.05) is 19.9 Å². The van der Waals surface area contributed by atoms with Gasteiger partial charge in [-0.15, -0.1) is 0 Å². The quantitative estimate of drug-likeness (QED) is 0.790. The molecule has 0 unspecified atom stereocenters. The van der Waals surface area contributed by atoms with Crippen LogP contribution in [0.15, 0.2) is 18.2 Å². The largest absolute Gasteiger partial charge is 0.371 e. The maximum absolute atomic E-state index is 9.30. The fraction of sp³-hybridized carbons (Fsp3) is 0.588. The lowest BCUT2D eigenvalue weighted by Gasteiger charge is -2.39. The van der Waals surface area contributed by atoms with Gasteiger partial charge in [-0.05, 0) is 55.7 Å². The molecule has 1 aliphatic rings. The molecular formula is C17H24N2. The lowest BCUT2D eigenvalue weighted by atomic mass is 9.75. The summed E-state index contributed by atoms with van der Waals surface area (Å²) in [5.41, 5.74) is 3.52. The van der Waals surface area contributed by atoms with Crippen molar-refractivity contribution in [3.8, 4) is 6.07 Å². The fourth-order valence-electron chi connectivity index (χ4n) is 3.02. The summed E-state index contributed by atoms with van der Waals surface area (Å²) in [6, 6.07) is 9.08. The van der Waals surface area contributed by atoms with Gasteiger partial charge in [0, 0.05) is 13.1 Å². The first-order valence-corrected chi connectivity index (χ1v) is 7.16. The van der Waals surface area contributed by atoms with Crippen LogP contribution in [0.1, 0.15) is 50.7 Å². The van der Waals surface area contributed by atoms with Gasteiger partial charge in [-0.25, -0.2) is 0 Å². The Kier molecular flexibility index (Phi) is 3.85. The summed E-state index contributed by atoms with van der Waals surface area (Å²) >= 11 is 0. The van der Waals surface area contributed by atoms with Gasteiger partial charge in [0.15, 0.2) is 0 Å². The van der Waals surface area contributed by atoms with Gasteiger partial charge in [-0.2, -0.15) is 5.26 Å². The molecule has 0 radical (unpaired) electrons. The molecule has 1 aromatic carbocycles. The van der Waals surface area contributed by atoms with Gasteiger partial charge in [0.2, 0.25) is 0 Å². The highest BCUT2D eigenvalue weighted by molar-refractivity contribution is 5.60. The first kappa shape index (κ1) is 13.9. The van der Waals surface area contributed by atoms with Gasteiger partial charge in [0.25, 0.3) is 0 Å². The Balaban J connectivity index is 2.17. The molecule has 0 aliphatic heterocycles. The molecule has 2 heteroatoms. The standard InChI is InChI=1S/C17H24N2/c1-13-5-6-16(14(11-13)12-18)19(4)15-7-9-17(2,3)10-8-15/h5-6,11,15H,7-10H2,1-4H3. The van der Waals surface area contributed by atoms with Gasteiger partial charge in [0.1, 0.15) is 6.07 Å². The van der Waals surface area contributed by atoms with Crippen molar-refractivity contribution in [2.24, 2.45) is 5.41 Å². The van der Waals surface area contributed by atoms with Crippen molar-refractivity contribution >= 4 is 5.69 Å². The van der Waals surface area contributed by atoms with Crippen LogP contribution in [0.2, 0.25) is 0 Å². The van der Waals surface area contributed by atoms with Crippen LogP contribution in [-0.4, -0.2) is 13.1 Å². The minimum atomic E-state index is 0.489. The Morgan fingerprint density at radius 1 is 1.26 bits per heavy atom. The zero-order chi connectivity index (χ0) is 14.0. The van der Waals surface area contributed by atoms with Crippen LogP contribution < -0.4 is 4.90 Å². The van der Waals surface area contributed by atoms with Crippen molar-refractivity contribution in [2.75, 3.05) is 11.9 Å². The molecule has 1 fully saturated rings. The monoisotopic (exact) mass is 256 g/mol. The Bertz CT molecular complexity index is 486. The average molecular weight is 256 g/mol. The highest BCUT2D eigenvalue weighted by atomic mass is 15.1. The van der Waals surface area contributed by atoms with E-state index in [9.17, 15) is 5.26 Å². The van der Waals surface area contributed by atoms with E-state index in [0.717, 1.165) is 16.8 Å². The van der Waals surface area contributed by atoms with Crippen molar-refractivity contribution in [3.63, 3.8) is 0 Å². The number of rotatable bonds is 2. The highest BCUT2D eigenvalue weighted by Crippen LogP contribution is 2.38. The summed E-state index contributed by atoms with van der Waals surface area (Å²) in [4.78, 5) is 2.31. The first-order valence-electron chi connectivity index (χ1n) is 7.16. The second-order valence-electron chi connectivity index (χ2n) is 6.64. The SMILES string of the molecule is Cc1ccc(N(C)C2CCC(C)(C)CC2)c(C#N)c1. The van der Waals surface area contributed by atoms with Crippen LogP contribution in [0.25, 0.3) is 0 Å². The van der Waals surface area contributed by atoms with E-state index < -0.39 is 0 Å². The van der Waals surface area contributed by atoms with Crippen LogP contribution in [-0.2, 0) is 0 Å². The lowest BCUT2D eigenvalue weighted by Crippen LogP contribution is -2.37. The summed E-state index contributed by atoms with van der Waals surface area (Å²) in [5.74, 6) is 0. The van der Waals surface area contributed by atoms with Gasteiger partial charge in [0.05, 0.1) is 11.3 Å². The van der Waals surface area contributed by atoms with Crippen LogP contribution >= 0.6 is 0 Å². The molecular weight excluding hydrogens is 232 g/mol. The van der Waals surface area contributed by atoms with Crippen molar-refractivity contribution in [1.82, 2.24) is 0 Å². The third kappa shape index (κ3) is 3.10. The molecule has 0 saturated heterocycles. The lowest BCUT2D eigenvalue weighted by molar-refractivity contribution is 0.222. The predicted molar refractivity (Wildman–Crippen MR) is 80.3 cm³/mol. The minimum absolute atomic E-state index is 0.489. The molecule has 1 aromatic rings. The molecule has 2 nitrogen and oxygen atoms in total. The van der Waals surface area contributed by atoms with Crippen molar-refractivity contribution in [3.05, 3.63) is 29.3 Å². The molecule has 0 spiro atoms. The molecule has 1 saturated carbocycles. The van der Waals surface area contributed by atoms with E-state index in [2.05, 4.69) is 44.0 Å². The van der Waals surface area contributed by atoms with Crippen LogP contribution in [0.5, 0.6) is 0 Å². The Morgan fingerprint density at radius 2 is 1.89 bits per heavy atom. The molecule has 1 aliphatic carbocycles. The predicted octanol–water partition coefficient (Wildman–Crippen LogP) is 4.27. The third-order valence-corrected chi connectivity index (χ3v) is 4.51. The van der Waals surface area contributed by atoms with Crippen molar-refractivity contribution < 1.29 is 0 Å². The molecule has 102 valence electrons. The Labute approximate surface area is 117 Å². The van der Waals surface area contributed by atoms with E-state index in [0.29, 0.717) is 11.5 Å². The number of benzene rings is 1. The zero-order valence-corrected chi connectivity index (χ0v) is 12.5. The average Bonchev–Trinajstić information content (AvgIpc) is 2.37. The van der Waals surface area contributed by atoms with Gasteiger partial charge < -0.3 is 4.90 Å². The third-order valence-electron chi connectivity index (χ3n) is 4.51. The zero-order valence-electron chi connectivity index (χ0n) is 12.5. The molecule has 0 amide bonds. The number of nitrogens with zero attached hydrogens (tertiary/aromatic N) is 2. The summed E-state index contributed by atoms with van der Waals surface area (Å²) < 4.78 is 0. The highest BCUT2D eigenvalue weighted by Gasteiger charge is 2.29. The second-order valence-corrected chi connectivity index (χ2v) is 6.64. The number of aryl methyl sites for hydroxylation is 1. The van der Waals surface area contributed by atoms with E-state index in [1.54, 1.807) is 0 Å². The van der Waals surface area contributed by atoms with E-state index in [1.165, 1.54) is 25.7 Å². The topological polar surface area (TPSA) is 27.0 Å². The van der Waals surface area contributed by atoms with Gasteiger partial charge >= 0.3 is 0 Å². The van der Waals surface area contributed by atoms with E-state index >= 15 is 0 Å². The molecule has 0 aromatic heterocycles. The number of nitriles is 1. The summed E-state index contributed by atoms with van der Waals surface area (Å²) in [5, 5.41) is 9.30. The van der Waals surface area contributed by atoms with Crippen molar-refractivity contribution in [2.45, 2.75) is 52.5 Å². The summed E-state index contributed by atoms with van der Waals surface area (Å²) in [6.45, 7) is 6.75. The molecule has 0 N–H and O–H groups in total. The fourth-order valence-corrected chi connectivity index (χ4v) is 3.02. The molecule has 2 rings (SSSR count). The maximum Gasteiger partial charge on any atom is 0.101 e. The number of hydrogen-bond acceptors (Lipinski definition) is 2. The van der Waals surface area contributed by atoms with Crippen LogP contribution in [0, 0.1) is 23.7 Å². The Morgan fingerprint density at radius 3 is 2.47 bits per heavy atom. The minimum Gasteiger partial charge on any atom is -0.371 e. The number of anilines is 1. The van der Waals surface area contributed by atoms with Crippen LogP contribution in [0.3, 0.4) is 0 Å². The molecule has 0 bridgehead atoms. The first-order chi connectivity index (χ1) is 8.93. The normalized spacial score (nSPS) is 18.9. The molecule has 19 heavy (non-hydrogen) atoms. The summed E-state index contributed by atoms with van der Waals surface area (Å²) in [7, 11) is 2.13. The van der Waals surface area contributed by atoms with Gasteiger partial charge in [-0.3, -0.25) is 0 Å². The van der Waals surface area contributed by atoms with Crippen molar-refractivity contribution in [1.29, 1.82) is 5.26 Å². The van der Waals surface area contributed by atoms with E-state index in [1.807, 2.05) is 13.0 Å². The van der Waals surface area contributed by atoms with E-state index in [4.69, 9.17) is 0 Å². The Hall–Kier alpha value is -1.49.